The summed E-state index contributed by atoms with van der Waals surface area (Å²) in [6.07, 6.45) is 4.95. The third kappa shape index (κ3) is 10.6. The highest BCUT2D eigenvalue weighted by atomic mass is 16.4. The number of rotatable bonds is 13. The minimum atomic E-state index is -1.05. The van der Waals surface area contributed by atoms with Crippen LogP contribution in [0.1, 0.15) is 80.3 Å². The van der Waals surface area contributed by atoms with Gasteiger partial charge in [0.25, 0.3) is 5.91 Å². The molecule has 4 aromatic rings. The van der Waals surface area contributed by atoms with Crippen molar-refractivity contribution in [1.82, 2.24) is 41.5 Å². The van der Waals surface area contributed by atoms with Crippen molar-refractivity contribution in [3.05, 3.63) is 83.4 Å². The molecule has 4 amide bonds. The molecule has 14 nitrogen and oxygen atoms in total. The molecule has 6 N–H and O–H groups in total. The Bertz CT molecular complexity index is 2010. The second kappa shape index (κ2) is 18.1. The first-order chi connectivity index (χ1) is 27.3. The summed E-state index contributed by atoms with van der Waals surface area (Å²) >= 11 is 0. The molecule has 57 heavy (non-hydrogen) atoms. The van der Waals surface area contributed by atoms with Gasteiger partial charge in [0.2, 0.25) is 11.8 Å². The van der Waals surface area contributed by atoms with E-state index in [1.165, 1.54) is 0 Å². The molecule has 0 bridgehead atoms. The Kier molecular flexibility index (Phi) is 13.0. The molecule has 0 unspecified atom stereocenters. The van der Waals surface area contributed by atoms with E-state index in [0.717, 1.165) is 59.9 Å². The van der Waals surface area contributed by atoms with E-state index in [1.54, 1.807) is 24.3 Å². The van der Waals surface area contributed by atoms with E-state index in [-0.39, 0.29) is 47.4 Å². The molecular formula is C43H55N9O5. The van der Waals surface area contributed by atoms with Crippen molar-refractivity contribution in [2.24, 2.45) is 17.3 Å². The van der Waals surface area contributed by atoms with Crippen LogP contribution in [0.5, 0.6) is 0 Å². The smallest absolute Gasteiger partial charge is 0.404 e. The van der Waals surface area contributed by atoms with Crippen molar-refractivity contribution >= 4 is 29.5 Å². The zero-order chi connectivity index (χ0) is 40.7. The van der Waals surface area contributed by atoms with Crippen LogP contribution in [0.15, 0.2) is 66.7 Å². The summed E-state index contributed by atoms with van der Waals surface area (Å²) in [5, 5.41) is 34.6. The number of hydrogen-bond acceptors (Lipinski definition) is 8. The largest absolute Gasteiger partial charge is 0.465 e. The standard InChI is InChI=1S/C43H55N9O5/c1-26-22-32(40(54)47-37-21-19-34(52(4)5)24-43(37,2)3)16-20-35(26)29-10-6-27(7-11-29)23-36(46-39(53)31-12-8-28(9-13-31)25-44-42(56)57)41(55)45-33-17-14-30(15-18-33)38-48-50-51-49-38/h6-7,10-11,14-18,20,22,28,31,34,36-37,44H,8-9,12-13,19,21,23-25H2,1-5H3,(H,45,55)(H,46,53)(H,47,54)(H,56,57)(H,48,49,50,51)/t28?,31?,34-,36+,37-/m1/s1. The third-order valence-corrected chi connectivity index (χ3v) is 11.9. The van der Waals surface area contributed by atoms with Gasteiger partial charge in [-0.15, -0.1) is 5.10 Å². The molecule has 2 saturated carbocycles. The Hall–Kier alpha value is -5.63. The van der Waals surface area contributed by atoms with Crippen LogP contribution in [0.4, 0.5) is 10.5 Å². The van der Waals surface area contributed by atoms with Gasteiger partial charge in [-0.1, -0.05) is 44.2 Å². The molecule has 0 spiro atoms. The predicted molar refractivity (Wildman–Crippen MR) is 218 cm³/mol. The highest BCUT2D eigenvalue weighted by Gasteiger charge is 2.38. The Morgan fingerprint density at radius 1 is 0.912 bits per heavy atom. The number of hydrogen-bond donors (Lipinski definition) is 6. The van der Waals surface area contributed by atoms with Gasteiger partial charge in [-0.3, -0.25) is 14.4 Å². The number of carbonyl (C=O) groups is 4. The highest BCUT2D eigenvalue weighted by molar-refractivity contribution is 5.98. The first kappa shape index (κ1) is 41.0. The van der Waals surface area contributed by atoms with Gasteiger partial charge in [-0.2, -0.15) is 0 Å². The van der Waals surface area contributed by atoms with Gasteiger partial charge in [-0.05, 0) is 146 Å². The molecule has 3 aromatic carbocycles. The lowest BCUT2D eigenvalue weighted by atomic mass is 9.71. The molecule has 1 aromatic heterocycles. The molecular weight excluding hydrogens is 723 g/mol. The van der Waals surface area contributed by atoms with Gasteiger partial charge >= 0.3 is 6.09 Å². The third-order valence-electron chi connectivity index (χ3n) is 11.9. The zero-order valence-corrected chi connectivity index (χ0v) is 33.5. The van der Waals surface area contributed by atoms with Crippen molar-refractivity contribution in [2.75, 3.05) is 26.0 Å². The quantitative estimate of drug-likeness (QED) is 0.0970. The zero-order valence-electron chi connectivity index (χ0n) is 33.5. The number of aromatic amines is 1. The minimum absolute atomic E-state index is 0.00741. The fourth-order valence-electron chi connectivity index (χ4n) is 8.32. The first-order valence-corrected chi connectivity index (χ1v) is 19.8. The lowest BCUT2D eigenvalue weighted by Gasteiger charge is -2.44. The summed E-state index contributed by atoms with van der Waals surface area (Å²) in [6.45, 7) is 6.85. The van der Waals surface area contributed by atoms with Crippen LogP contribution in [-0.2, 0) is 16.0 Å². The molecule has 0 radical (unpaired) electrons. The van der Waals surface area contributed by atoms with Crippen molar-refractivity contribution < 1.29 is 24.3 Å². The molecule has 1 heterocycles. The summed E-state index contributed by atoms with van der Waals surface area (Å²) in [4.78, 5) is 54.0. The fourth-order valence-corrected chi connectivity index (χ4v) is 8.32. The molecule has 0 aliphatic heterocycles. The molecule has 2 aliphatic rings. The van der Waals surface area contributed by atoms with Crippen LogP contribution >= 0.6 is 0 Å². The Morgan fingerprint density at radius 3 is 2.23 bits per heavy atom. The maximum Gasteiger partial charge on any atom is 0.404 e. The van der Waals surface area contributed by atoms with Crippen LogP contribution in [-0.4, -0.2) is 93.2 Å². The number of anilines is 1. The van der Waals surface area contributed by atoms with E-state index in [9.17, 15) is 19.2 Å². The molecule has 2 fully saturated rings. The number of carbonyl (C=O) groups excluding carboxylic acids is 3. The van der Waals surface area contributed by atoms with Crippen molar-refractivity contribution in [3.8, 4) is 22.5 Å². The average Bonchev–Trinajstić information content (AvgIpc) is 3.73. The Morgan fingerprint density at radius 2 is 1.61 bits per heavy atom. The van der Waals surface area contributed by atoms with Crippen molar-refractivity contribution in [1.29, 1.82) is 0 Å². The second-order valence-electron chi connectivity index (χ2n) is 16.6. The van der Waals surface area contributed by atoms with Crippen LogP contribution in [0, 0.1) is 24.2 Å². The van der Waals surface area contributed by atoms with Crippen LogP contribution in [0.2, 0.25) is 0 Å². The molecule has 302 valence electrons. The number of aromatic nitrogens is 4. The van der Waals surface area contributed by atoms with Crippen LogP contribution < -0.4 is 21.3 Å². The number of nitrogens with one attached hydrogen (secondary N) is 5. The van der Waals surface area contributed by atoms with E-state index in [4.69, 9.17) is 5.11 Å². The molecule has 0 saturated heterocycles. The second-order valence-corrected chi connectivity index (χ2v) is 16.6. The number of nitrogens with zero attached hydrogens (tertiary/aromatic N) is 4. The lowest BCUT2D eigenvalue weighted by molar-refractivity contribution is -0.130. The Balaban J connectivity index is 1.12. The minimum Gasteiger partial charge on any atom is -0.465 e. The summed E-state index contributed by atoms with van der Waals surface area (Å²) in [6, 6.07) is 20.6. The highest BCUT2D eigenvalue weighted by Crippen LogP contribution is 2.37. The number of carboxylic acid groups (broad SMARTS) is 1. The van der Waals surface area contributed by atoms with E-state index in [2.05, 4.69) is 74.7 Å². The fraction of sp³-hybridized carbons (Fsp3) is 0.465. The summed E-state index contributed by atoms with van der Waals surface area (Å²) in [5.41, 5.74) is 5.78. The molecule has 14 heteroatoms. The summed E-state index contributed by atoms with van der Waals surface area (Å²) in [7, 11) is 4.24. The van der Waals surface area contributed by atoms with Crippen molar-refractivity contribution in [3.63, 3.8) is 0 Å². The lowest BCUT2D eigenvalue weighted by Crippen LogP contribution is -2.51. The topological polar surface area (TPSA) is 194 Å². The van der Waals surface area contributed by atoms with Crippen molar-refractivity contribution in [2.45, 2.75) is 90.3 Å². The van der Waals surface area contributed by atoms with E-state index < -0.39 is 12.1 Å². The van der Waals surface area contributed by atoms with Gasteiger partial charge in [-0.25, -0.2) is 9.89 Å². The summed E-state index contributed by atoms with van der Waals surface area (Å²) in [5.74, 6) is -0.172. The Labute approximate surface area is 334 Å². The van der Waals surface area contributed by atoms with Gasteiger partial charge in [0.1, 0.15) is 6.04 Å². The molecule has 3 atom stereocenters. The van der Waals surface area contributed by atoms with Crippen LogP contribution in [0.3, 0.4) is 0 Å². The van der Waals surface area contributed by atoms with Gasteiger partial charge in [0.15, 0.2) is 5.82 Å². The number of aryl methyl sites for hydroxylation is 1. The number of benzene rings is 3. The normalized spacial score (nSPS) is 20.9. The van der Waals surface area contributed by atoms with E-state index in [0.29, 0.717) is 42.5 Å². The monoisotopic (exact) mass is 777 g/mol. The number of H-pyrrole nitrogens is 1. The average molecular weight is 778 g/mol. The maximum atomic E-state index is 13.8. The first-order valence-electron chi connectivity index (χ1n) is 19.8. The molecule has 2 aliphatic carbocycles. The SMILES string of the molecule is Cc1cc(C(=O)N[C@@H]2CC[C@@H](N(C)C)CC2(C)C)ccc1-c1ccc(C[C@H](NC(=O)C2CCC(CNC(=O)O)CC2)C(=O)Nc2ccc(-c3nnn[nH]3)cc2)cc1. The van der Waals surface area contributed by atoms with Gasteiger partial charge in [0, 0.05) is 47.8 Å². The number of amides is 4. The molecule has 6 rings (SSSR count). The summed E-state index contributed by atoms with van der Waals surface area (Å²) < 4.78 is 0. The maximum absolute atomic E-state index is 13.8. The predicted octanol–water partition coefficient (Wildman–Crippen LogP) is 5.82. The number of tetrazole rings is 1. The van der Waals surface area contributed by atoms with E-state index in [1.807, 2.05) is 49.4 Å². The van der Waals surface area contributed by atoms with Gasteiger partial charge in [0.05, 0.1) is 0 Å². The van der Waals surface area contributed by atoms with Gasteiger partial charge < -0.3 is 31.3 Å². The van der Waals surface area contributed by atoms with Crippen LogP contribution in [0.25, 0.3) is 22.5 Å². The van der Waals surface area contributed by atoms with E-state index >= 15 is 0 Å².